The van der Waals surface area contributed by atoms with Crippen LogP contribution in [0.25, 0.3) is 0 Å². The first-order chi connectivity index (χ1) is 10.6. The number of hydrogen-bond acceptors (Lipinski definition) is 4. The van der Waals surface area contributed by atoms with Crippen molar-refractivity contribution in [2.45, 2.75) is 24.9 Å². The zero-order chi connectivity index (χ0) is 15.8. The second kappa shape index (κ2) is 9.18. The van der Waals surface area contributed by atoms with Crippen molar-refractivity contribution < 1.29 is 4.79 Å². The number of amides is 1. The summed E-state index contributed by atoms with van der Waals surface area (Å²) in [5.41, 5.74) is 1.26. The molecule has 1 saturated heterocycles. The number of carbonyl (C=O) groups is 1. The number of likely N-dealkylation sites (N-methyl/N-ethyl adjacent to an activating group) is 1. The molecule has 1 fully saturated rings. The average molecular weight is 321 g/mol. The summed E-state index contributed by atoms with van der Waals surface area (Å²) in [7, 11) is 4.09. The SMILES string of the molecule is CN(C)CC(Cc1ccccc1)NC(=O)CC1CSCCN1. The lowest BCUT2D eigenvalue weighted by atomic mass is 10.1. The van der Waals surface area contributed by atoms with Crippen molar-refractivity contribution in [3.05, 3.63) is 35.9 Å². The minimum absolute atomic E-state index is 0.154. The molecule has 22 heavy (non-hydrogen) atoms. The Labute approximate surface area is 138 Å². The number of nitrogens with one attached hydrogen (secondary N) is 2. The van der Waals surface area contributed by atoms with Gasteiger partial charge in [0, 0.05) is 43.1 Å². The molecule has 122 valence electrons. The summed E-state index contributed by atoms with van der Waals surface area (Å²) in [6.07, 6.45) is 1.45. The van der Waals surface area contributed by atoms with Gasteiger partial charge in [-0.15, -0.1) is 0 Å². The maximum Gasteiger partial charge on any atom is 0.221 e. The van der Waals surface area contributed by atoms with E-state index in [4.69, 9.17) is 0 Å². The number of nitrogens with zero attached hydrogens (tertiary/aromatic N) is 1. The van der Waals surface area contributed by atoms with E-state index in [1.165, 1.54) is 5.56 Å². The van der Waals surface area contributed by atoms with Crippen LogP contribution >= 0.6 is 11.8 Å². The minimum atomic E-state index is 0.154. The highest BCUT2D eigenvalue weighted by atomic mass is 32.2. The Balaban J connectivity index is 1.86. The molecule has 1 heterocycles. The standard InChI is InChI=1S/C17H27N3OS/c1-20(2)12-15(10-14-6-4-3-5-7-14)19-17(21)11-16-13-22-9-8-18-16/h3-7,15-16,18H,8-13H2,1-2H3,(H,19,21). The summed E-state index contributed by atoms with van der Waals surface area (Å²) < 4.78 is 0. The normalized spacial score (nSPS) is 19.9. The second-order valence-corrected chi connectivity index (χ2v) is 7.30. The molecule has 0 saturated carbocycles. The molecule has 2 unspecified atom stereocenters. The fraction of sp³-hybridized carbons (Fsp3) is 0.588. The van der Waals surface area contributed by atoms with E-state index in [-0.39, 0.29) is 11.9 Å². The number of carbonyl (C=O) groups excluding carboxylic acids is 1. The van der Waals surface area contributed by atoms with Crippen LogP contribution in [0.4, 0.5) is 0 Å². The molecule has 2 N–H and O–H groups in total. The quantitative estimate of drug-likeness (QED) is 0.796. The molecule has 1 aromatic rings. The summed E-state index contributed by atoms with van der Waals surface area (Å²) in [4.78, 5) is 14.4. The fourth-order valence-electron chi connectivity index (χ4n) is 2.76. The Morgan fingerprint density at radius 2 is 2.18 bits per heavy atom. The van der Waals surface area contributed by atoms with Crippen LogP contribution in [-0.4, -0.2) is 61.6 Å². The van der Waals surface area contributed by atoms with Crippen molar-refractivity contribution in [1.29, 1.82) is 0 Å². The van der Waals surface area contributed by atoms with E-state index in [9.17, 15) is 4.79 Å². The van der Waals surface area contributed by atoms with Crippen molar-refractivity contribution in [3.8, 4) is 0 Å². The molecule has 2 atom stereocenters. The van der Waals surface area contributed by atoms with E-state index in [0.717, 1.165) is 31.0 Å². The lowest BCUT2D eigenvalue weighted by Crippen LogP contribution is -2.46. The van der Waals surface area contributed by atoms with Gasteiger partial charge in [-0.3, -0.25) is 4.79 Å². The molecule has 0 radical (unpaired) electrons. The molecule has 1 aliphatic rings. The molecule has 2 rings (SSSR count). The number of benzene rings is 1. The van der Waals surface area contributed by atoms with E-state index in [1.54, 1.807) is 0 Å². The summed E-state index contributed by atoms with van der Waals surface area (Å²) >= 11 is 1.93. The van der Waals surface area contributed by atoms with Gasteiger partial charge in [-0.2, -0.15) is 11.8 Å². The van der Waals surface area contributed by atoms with Crippen LogP contribution in [0.5, 0.6) is 0 Å². The summed E-state index contributed by atoms with van der Waals surface area (Å²) in [6, 6.07) is 10.8. The van der Waals surface area contributed by atoms with Crippen molar-refractivity contribution in [2.24, 2.45) is 0 Å². The van der Waals surface area contributed by atoms with Gasteiger partial charge in [0.15, 0.2) is 0 Å². The van der Waals surface area contributed by atoms with Crippen molar-refractivity contribution in [1.82, 2.24) is 15.5 Å². The van der Waals surface area contributed by atoms with Gasteiger partial charge >= 0.3 is 0 Å². The first-order valence-electron chi connectivity index (χ1n) is 7.92. The molecule has 1 amide bonds. The Bertz CT molecular complexity index is 446. The van der Waals surface area contributed by atoms with E-state index in [0.29, 0.717) is 12.5 Å². The van der Waals surface area contributed by atoms with Crippen LogP contribution < -0.4 is 10.6 Å². The van der Waals surface area contributed by atoms with Crippen LogP contribution in [0.15, 0.2) is 30.3 Å². The zero-order valence-electron chi connectivity index (χ0n) is 13.5. The van der Waals surface area contributed by atoms with Crippen molar-refractivity contribution in [3.63, 3.8) is 0 Å². The molecule has 0 aromatic heterocycles. The van der Waals surface area contributed by atoms with E-state index >= 15 is 0 Å². The molecular weight excluding hydrogens is 294 g/mol. The van der Waals surface area contributed by atoms with Crippen molar-refractivity contribution in [2.75, 3.05) is 38.7 Å². The second-order valence-electron chi connectivity index (χ2n) is 6.15. The van der Waals surface area contributed by atoms with Crippen molar-refractivity contribution >= 4 is 17.7 Å². The Morgan fingerprint density at radius 1 is 1.41 bits per heavy atom. The smallest absolute Gasteiger partial charge is 0.221 e. The Kier molecular flexibility index (Phi) is 7.22. The summed E-state index contributed by atoms with van der Waals surface area (Å²) in [5.74, 6) is 2.34. The van der Waals surface area contributed by atoms with Gasteiger partial charge in [-0.1, -0.05) is 30.3 Å². The molecule has 0 spiro atoms. The Hall–Kier alpha value is -1.04. The van der Waals surface area contributed by atoms with Gasteiger partial charge in [-0.25, -0.2) is 0 Å². The molecule has 0 aliphatic carbocycles. The predicted octanol–water partition coefficient (Wildman–Crippen LogP) is 1.37. The zero-order valence-corrected chi connectivity index (χ0v) is 14.4. The summed E-state index contributed by atoms with van der Waals surface area (Å²) in [6.45, 7) is 1.86. The van der Waals surface area contributed by atoms with Crippen LogP contribution in [0.1, 0.15) is 12.0 Å². The van der Waals surface area contributed by atoms with Crippen LogP contribution in [-0.2, 0) is 11.2 Å². The number of hydrogen-bond donors (Lipinski definition) is 2. The number of rotatable bonds is 7. The highest BCUT2D eigenvalue weighted by molar-refractivity contribution is 7.99. The maximum atomic E-state index is 12.3. The lowest BCUT2D eigenvalue weighted by Gasteiger charge is -2.26. The van der Waals surface area contributed by atoms with E-state index in [1.807, 2.05) is 44.1 Å². The van der Waals surface area contributed by atoms with Gasteiger partial charge in [0.1, 0.15) is 0 Å². The van der Waals surface area contributed by atoms with Crippen LogP contribution in [0, 0.1) is 0 Å². The van der Waals surface area contributed by atoms with Gasteiger partial charge in [0.25, 0.3) is 0 Å². The maximum absolute atomic E-state index is 12.3. The van der Waals surface area contributed by atoms with Gasteiger partial charge in [0.2, 0.25) is 5.91 Å². The van der Waals surface area contributed by atoms with Gasteiger partial charge < -0.3 is 15.5 Å². The third-order valence-corrected chi connectivity index (χ3v) is 4.84. The molecule has 1 aromatic carbocycles. The third-order valence-electron chi connectivity index (χ3n) is 3.71. The van der Waals surface area contributed by atoms with Crippen LogP contribution in [0.2, 0.25) is 0 Å². The highest BCUT2D eigenvalue weighted by Crippen LogP contribution is 2.10. The third kappa shape index (κ3) is 6.38. The monoisotopic (exact) mass is 321 g/mol. The predicted molar refractivity (Wildman–Crippen MR) is 94.4 cm³/mol. The van der Waals surface area contributed by atoms with E-state index < -0.39 is 0 Å². The topological polar surface area (TPSA) is 44.4 Å². The molecule has 0 bridgehead atoms. The first kappa shape index (κ1) is 17.3. The van der Waals surface area contributed by atoms with Gasteiger partial charge in [0.05, 0.1) is 0 Å². The summed E-state index contributed by atoms with van der Waals surface area (Å²) in [5, 5.41) is 6.64. The minimum Gasteiger partial charge on any atom is -0.352 e. The number of thioether (sulfide) groups is 1. The average Bonchev–Trinajstić information content (AvgIpc) is 2.48. The largest absolute Gasteiger partial charge is 0.352 e. The molecule has 1 aliphatic heterocycles. The van der Waals surface area contributed by atoms with E-state index in [2.05, 4.69) is 27.7 Å². The molecular formula is C17H27N3OS. The lowest BCUT2D eigenvalue weighted by molar-refractivity contribution is -0.122. The Morgan fingerprint density at radius 3 is 2.82 bits per heavy atom. The first-order valence-corrected chi connectivity index (χ1v) is 9.08. The molecule has 5 heteroatoms. The fourth-order valence-corrected chi connectivity index (χ4v) is 3.71. The van der Waals surface area contributed by atoms with Crippen LogP contribution in [0.3, 0.4) is 0 Å². The van der Waals surface area contributed by atoms with Gasteiger partial charge in [-0.05, 0) is 26.1 Å². The molecule has 4 nitrogen and oxygen atoms in total. The highest BCUT2D eigenvalue weighted by Gasteiger charge is 2.19.